The Labute approximate surface area is 218 Å². The zero-order valence-electron chi connectivity index (χ0n) is 20.5. The predicted molar refractivity (Wildman–Crippen MR) is 146 cm³/mol. The maximum atomic E-state index is 14.6. The molecule has 0 atom stereocenters. The van der Waals surface area contributed by atoms with Crippen LogP contribution in [0.3, 0.4) is 0 Å². The van der Waals surface area contributed by atoms with Crippen molar-refractivity contribution in [1.82, 2.24) is 30.5 Å². The molecular weight excluding hydrogens is 479 g/mol. The Hall–Kier alpha value is -4.56. The van der Waals surface area contributed by atoms with Gasteiger partial charge in [-0.05, 0) is 67.9 Å². The first-order chi connectivity index (χ1) is 18.7. The molecule has 0 saturated carbocycles. The summed E-state index contributed by atoms with van der Waals surface area (Å²) in [5.74, 6) is 0.499. The van der Waals surface area contributed by atoms with E-state index in [4.69, 9.17) is 9.72 Å². The number of ether oxygens (including phenoxy) is 1. The molecule has 4 aromatic heterocycles. The summed E-state index contributed by atoms with van der Waals surface area (Å²) in [7, 11) is 0. The number of piperidine rings is 1. The van der Waals surface area contributed by atoms with Crippen LogP contribution in [0.1, 0.15) is 12.8 Å². The molecule has 2 aromatic carbocycles. The lowest BCUT2D eigenvalue weighted by Gasteiger charge is -2.23. The number of pyridine rings is 2. The third kappa shape index (κ3) is 4.09. The average molecular weight is 505 g/mol. The van der Waals surface area contributed by atoms with Gasteiger partial charge in [0.05, 0.1) is 23.1 Å². The van der Waals surface area contributed by atoms with Crippen LogP contribution < -0.4 is 10.1 Å². The van der Waals surface area contributed by atoms with E-state index in [-0.39, 0.29) is 11.9 Å². The number of benzene rings is 2. The van der Waals surface area contributed by atoms with Crippen LogP contribution in [-0.4, -0.2) is 44.3 Å². The van der Waals surface area contributed by atoms with Gasteiger partial charge < -0.3 is 15.0 Å². The van der Waals surface area contributed by atoms with Gasteiger partial charge in [0.2, 0.25) is 0 Å². The molecule has 38 heavy (non-hydrogen) atoms. The van der Waals surface area contributed by atoms with Crippen molar-refractivity contribution in [3.05, 3.63) is 84.9 Å². The van der Waals surface area contributed by atoms with Gasteiger partial charge in [-0.2, -0.15) is 5.10 Å². The molecule has 0 unspecified atom stereocenters. The van der Waals surface area contributed by atoms with Gasteiger partial charge in [0.1, 0.15) is 28.9 Å². The second-order valence-electron chi connectivity index (χ2n) is 9.57. The number of hydrogen-bond donors (Lipinski definition) is 3. The van der Waals surface area contributed by atoms with E-state index in [9.17, 15) is 4.39 Å². The lowest BCUT2D eigenvalue weighted by molar-refractivity contribution is 0.162. The molecule has 8 heteroatoms. The van der Waals surface area contributed by atoms with Crippen molar-refractivity contribution in [2.24, 2.45) is 0 Å². The van der Waals surface area contributed by atoms with E-state index in [1.165, 1.54) is 6.07 Å². The molecule has 0 amide bonds. The van der Waals surface area contributed by atoms with Gasteiger partial charge in [-0.3, -0.25) is 10.1 Å². The summed E-state index contributed by atoms with van der Waals surface area (Å²) < 4.78 is 20.8. The molecule has 0 bridgehead atoms. The molecule has 1 aliphatic rings. The molecule has 188 valence electrons. The molecule has 0 spiro atoms. The minimum atomic E-state index is -0.251. The average Bonchev–Trinajstić information content (AvgIpc) is 3.58. The molecule has 6 aromatic rings. The van der Waals surface area contributed by atoms with E-state index in [2.05, 4.69) is 25.5 Å². The van der Waals surface area contributed by atoms with Gasteiger partial charge in [-0.15, -0.1) is 0 Å². The third-order valence-corrected chi connectivity index (χ3v) is 7.09. The van der Waals surface area contributed by atoms with Crippen molar-refractivity contribution in [3.63, 3.8) is 0 Å². The number of nitrogens with one attached hydrogen (secondary N) is 3. The Kier molecular flexibility index (Phi) is 5.59. The van der Waals surface area contributed by atoms with E-state index < -0.39 is 0 Å². The van der Waals surface area contributed by atoms with E-state index in [1.54, 1.807) is 24.5 Å². The zero-order valence-corrected chi connectivity index (χ0v) is 20.5. The van der Waals surface area contributed by atoms with Gasteiger partial charge >= 0.3 is 0 Å². The minimum Gasteiger partial charge on any atom is -0.489 e. The summed E-state index contributed by atoms with van der Waals surface area (Å²) in [6, 6.07) is 20.6. The number of aromatic amines is 2. The van der Waals surface area contributed by atoms with E-state index >= 15 is 0 Å². The monoisotopic (exact) mass is 504 g/mol. The summed E-state index contributed by atoms with van der Waals surface area (Å²) in [6.45, 7) is 1.93. The van der Waals surface area contributed by atoms with Crippen molar-refractivity contribution in [2.75, 3.05) is 13.1 Å². The van der Waals surface area contributed by atoms with E-state index in [0.29, 0.717) is 11.3 Å². The second-order valence-corrected chi connectivity index (χ2v) is 9.57. The number of aromatic nitrogens is 5. The first kappa shape index (κ1) is 22.6. The smallest absolute Gasteiger partial charge is 0.138 e. The molecule has 3 N–H and O–H groups in total. The van der Waals surface area contributed by atoms with Crippen LogP contribution in [0.5, 0.6) is 5.75 Å². The fourth-order valence-corrected chi connectivity index (χ4v) is 5.17. The van der Waals surface area contributed by atoms with Crippen LogP contribution in [0.2, 0.25) is 0 Å². The van der Waals surface area contributed by atoms with Gasteiger partial charge in [-0.1, -0.05) is 30.3 Å². The lowest BCUT2D eigenvalue weighted by Crippen LogP contribution is -2.34. The molecule has 0 aliphatic carbocycles. The SMILES string of the molecule is Fc1ccccc1-c1cccc2[nH]c(-c3n[nH]c4ccc(-c5cncc(OC6CCNCC6)c5)nc34)cc12. The molecule has 1 aliphatic heterocycles. The third-order valence-electron chi connectivity index (χ3n) is 7.09. The predicted octanol–water partition coefficient (Wildman–Crippen LogP) is 6.11. The van der Waals surface area contributed by atoms with Crippen LogP contribution in [0.15, 0.2) is 79.1 Å². The molecule has 1 fully saturated rings. The minimum absolute atomic E-state index is 0.195. The normalized spacial score (nSPS) is 14.3. The quantitative estimate of drug-likeness (QED) is 0.264. The Morgan fingerprint density at radius 1 is 0.868 bits per heavy atom. The summed E-state index contributed by atoms with van der Waals surface area (Å²) in [5.41, 5.74) is 7.03. The molecule has 7 nitrogen and oxygen atoms in total. The van der Waals surface area contributed by atoms with Crippen LogP contribution in [-0.2, 0) is 0 Å². The largest absolute Gasteiger partial charge is 0.489 e. The first-order valence-corrected chi connectivity index (χ1v) is 12.8. The van der Waals surface area contributed by atoms with Crippen molar-refractivity contribution in [2.45, 2.75) is 18.9 Å². The highest BCUT2D eigenvalue weighted by molar-refractivity contribution is 6.00. The van der Waals surface area contributed by atoms with Crippen molar-refractivity contribution < 1.29 is 9.13 Å². The van der Waals surface area contributed by atoms with Crippen molar-refractivity contribution in [1.29, 1.82) is 0 Å². The topological polar surface area (TPSA) is 91.5 Å². The number of hydrogen-bond acceptors (Lipinski definition) is 5. The number of H-pyrrole nitrogens is 2. The number of fused-ring (bicyclic) bond motifs is 2. The molecule has 1 saturated heterocycles. The highest BCUT2D eigenvalue weighted by atomic mass is 19.1. The Morgan fingerprint density at radius 2 is 1.74 bits per heavy atom. The fourth-order valence-electron chi connectivity index (χ4n) is 5.17. The molecule has 7 rings (SSSR count). The van der Waals surface area contributed by atoms with Crippen LogP contribution in [0, 0.1) is 5.82 Å². The Morgan fingerprint density at radius 3 is 2.63 bits per heavy atom. The van der Waals surface area contributed by atoms with Gasteiger partial charge in [0, 0.05) is 28.2 Å². The van der Waals surface area contributed by atoms with Gasteiger partial charge in [0.25, 0.3) is 0 Å². The van der Waals surface area contributed by atoms with Crippen LogP contribution >= 0.6 is 0 Å². The van der Waals surface area contributed by atoms with Gasteiger partial charge in [0.15, 0.2) is 0 Å². The maximum absolute atomic E-state index is 14.6. The van der Waals surface area contributed by atoms with Crippen LogP contribution in [0.4, 0.5) is 4.39 Å². The number of rotatable bonds is 5. The highest BCUT2D eigenvalue weighted by Gasteiger charge is 2.18. The lowest BCUT2D eigenvalue weighted by atomic mass is 10.0. The summed E-state index contributed by atoms with van der Waals surface area (Å²) >= 11 is 0. The maximum Gasteiger partial charge on any atom is 0.138 e. The summed E-state index contributed by atoms with van der Waals surface area (Å²) in [5, 5.41) is 11.9. The molecule has 0 radical (unpaired) electrons. The highest BCUT2D eigenvalue weighted by Crippen LogP contribution is 2.35. The van der Waals surface area contributed by atoms with Crippen molar-refractivity contribution >= 4 is 21.9 Å². The van der Waals surface area contributed by atoms with Crippen molar-refractivity contribution in [3.8, 4) is 39.5 Å². The summed E-state index contributed by atoms with van der Waals surface area (Å²) in [4.78, 5) is 12.8. The Bertz CT molecular complexity index is 1770. The zero-order chi connectivity index (χ0) is 25.5. The second kappa shape index (κ2) is 9.39. The number of halogens is 1. The van der Waals surface area contributed by atoms with Gasteiger partial charge in [-0.25, -0.2) is 9.37 Å². The fraction of sp³-hybridized carbons (Fsp3) is 0.167. The van der Waals surface area contributed by atoms with E-state index in [0.717, 1.165) is 76.1 Å². The molecule has 5 heterocycles. The van der Waals surface area contributed by atoms with Crippen LogP contribution in [0.25, 0.3) is 55.7 Å². The Balaban J connectivity index is 1.26. The van der Waals surface area contributed by atoms with E-state index in [1.807, 2.05) is 48.5 Å². The standard InChI is InChI=1S/C30H25FN6O/c31-24-6-2-1-4-22(24)21-5-3-7-26-23(21)15-28(34-26)30-29-27(36-37-30)9-8-25(35-29)18-14-20(17-33-16-18)38-19-10-12-32-13-11-19/h1-9,14-17,19,32,34H,10-13H2,(H,36,37). The number of nitrogens with zero attached hydrogens (tertiary/aromatic N) is 3. The summed E-state index contributed by atoms with van der Waals surface area (Å²) in [6.07, 6.45) is 5.71. The molecular formula is C30H25FN6O. The first-order valence-electron chi connectivity index (χ1n) is 12.8.